The molecule has 0 spiro atoms. The predicted octanol–water partition coefficient (Wildman–Crippen LogP) is 3.67. The lowest BCUT2D eigenvalue weighted by Crippen LogP contribution is -1.94. The maximum atomic E-state index is 8.71. The monoisotopic (exact) mass is 193 g/mol. The van der Waals surface area contributed by atoms with Crippen LogP contribution in [0.1, 0.15) is 44.9 Å². The van der Waals surface area contributed by atoms with E-state index in [9.17, 15) is 0 Å². The molecule has 0 aromatic carbocycles. The van der Waals surface area contributed by atoms with Gasteiger partial charge in [-0.05, 0) is 31.8 Å². The molecule has 2 nitrogen and oxygen atoms in total. The molecule has 14 heavy (non-hydrogen) atoms. The number of oxime groups is 1. The van der Waals surface area contributed by atoms with Crippen molar-refractivity contribution in [2.24, 2.45) is 5.16 Å². The van der Waals surface area contributed by atoms with Gasteiger partial charge in [-0.25, -0.2) is 0 Å². The van der Waals surface area contributed by atoms with Crippen LogP contribution in [0.15, 0.2) is 29.5 Å². The van der Waals surface area contributed by atoms with Gasteiger partial charge in [0.2, 0.25) is 0 Å². The standard InChI is InChI=1S/C12H19NO/c14-13-12-10-8-6-4-2-1-3-5-7-9-11-12/h4,6,8,10,14H,1-3,5,7,9,11H2/b6-4-,10-8-,13-12?. The van der Waals surface area contributed by atoms with E-state index in [2.05, 4.69) is 11.2 Å². The average Bonchev–Trinajstić information content (AvgIpc) is 2.19. The van der Waals surface area contributed by atoms with Gasteiger partial charge in [-0.3, -0.25) is 0 Å². The summed E-state index contributed by atoms with van der Waals surface area (Å²) in [6, 6.07) is 0. The lowest BCUT2D eigenvalue weighted by atomic mass is 10.1. The molecule has 0 aromatic rings. The van der Waals surface area contributed by atoms with E-state index >= 15 is 0 Å². The summed E-state index contributed by atoms with van der Waals surface area (Å²) in [6.45, 7) is 0. The molecule has 1 aliphatic carbocycles. The first-order chi connectivity index (χ1) is 6.93. The van der Waals surface area contributed by atoms with Crippen molar-refractivity contribution in [1.82, 2.24) is 0 Å². The van der Waals surface area contributed by atoms with Gasteiger partial charge < -0.3 is 5.21 Å². The molecule has 0 unspecified atom stereocenters. The van der Waals surface area contributed by atoms with Gasteiger partial charge in [0.25, 0.3) is 0 Å². The van der Waals surface area contributed by atoms with Crippen LogP contribution < -0.4 is 0 Å². The highest BCUT2D eigenvalue weighted by molar-refractivity contribution is 5.94. The SMILES string of the molecule is ON=C1/C=C\C=C/CCCCCCC1. The molecule has 0 amide bonds. The van der Waals surface area contributed by atoms with Crippen LogP contribution in [-0.4, -0.2) is 10.9 Å². The van der Waals surface area contributed by atoms with E-state index in [0.29, 0.717) is 0 Å². The van der Waals surface area contributed by atoms with Gasteiger partial charge >= 0.3 is 0 Å². The Bertz CT molecular complexity index is 228. The Hall–Kier alpha value is -1.05. The van der Waals surface area contributed by atoms with Crippen LogP contribution in [0.5, 0.6) is 0 Å². The average molecular weight is 193 g/mol. The first kappa shape index (κ1) is 11.0. The summed E-state index contributed by atoms with van der Waals surface area (Å²) >= 11 is 0. The number of hydrogen-bond donors (Lipinski definition) is 1. The second-order valence-corrected chi connectivity index (χ2v) is 3.69. The van der Waals surface area contributed by atoms with Gasteiger partial charge in [0.15, 0.2) is 0 Å². The summed E-state index contributed by atoms with van der Waals surface area (Å²) in [5.41, 5.74) is 0.787. The van der Waals surface area contributed by atoms with Gasteiger partial charge in [-0.2, -0.15) is 0 Å². The molecule has 1 rings (SSSR count). The minimum absolute atomic E-state index is 0.787. The molecule has 0 atom stereocenters. The number of nitrogens with zero attached hydrogens (tertiary/aromatic N) is 1. The molecule has 0 saturated heterocycles. The van der Waals surface area contributed by atoms with Gasteiger partial charge in [0, 0.05) is 0 Å². The summed E-state index contributed by atoms with van der Waals surface area (Å²) in [5.74, 6) is 0. The van der Waals surface area contributed by atoms with E-state index in [1.807, 2.05) is 18.2 Å². The number of hydrogen-bond acceptors (Lipinski definition) is 2. The molecule has 0 bridgehead atoms. The third kappa shape index (κ3) is 4.85. The van der Waals surface area contributed by atoms with Gasteiger partial charge in [0.05, 0.1) is 5.71 Å². The second kappa shape index (κ2) is 7.36. The van der Waals surface area contributed by atoms with E-state index in [1.54, 1.807) is 0 Å². The smallest absolute Gasteiger partial charge is 0.0795 e. The highest BCUT2D eigenvalue weighted by atomic mass is 16.4. The topological polar surface area (TPSA) is 32.6 Å². The molecule has 1 N–H and O–H groups in total. The van der Waals surface area contributed by atoms with E-state index in [0.717, 1.165) is 25.0 Å². The van der Waals surface area contributed by atoms with Crippen LogP contribution in [0.3, 0.4) is 0 Å². The molecule has 0 radical (unpaired) electrons. The van der Waals surface area contributed by atoms with E-state index in [4.69, 9.17) is 5.21 Å². The van der Waals surface area contributed by atoms with Crippen LogP contribution >= 0.6 is 0 Å². The third-order valence-corrected chi connectivity index (χ3v) is 2.47. The summed E-state index contributed by atoms with van der Waals surface area (Å²) < 4.78 is 0. The fourth-order valence-corrected chi connectivity index (χ4v) is 1.61. The number of allylic oxidation sites excluding steroid dienone is 4. The zero-order valence-corrected chi connectivity index (χ0v) is 8.65. The van der Waals surface area contributed by atoms with E-state index in [1.165, 1.54) is 25.7 Å². The Morgan fingerprint density at radius 2 is 1.79 bits per heavy atom. The normalized spacial score (nSPS) is 27.6. The summed E-state index contributed by atoms with van der Waals surface area (Å²) in [4.78, 5) is 0. The van der Waals surface area contributed by atoms with Crippen molar-refractivity contribution < 1.29 is 5.21 Å². The fraction of sp³-hybridized carbons (Fsp3) is 0.583. The highest BCUT2D eigenvalue weighted by Crippen LogP contribution is 2.09. The minimum Gasteiger partial charge on any atom is -0.411 e. The van der Waals surface area contributed by atoms with Crippen molar-refractivity contribution in [1.29, 1.82) is 0 Å². The van der Waals surface area contributed by atoms with Crippen LogP contribution in [0.2, 0.25) is 0 Å². The van der Waals surface area contributed by atoms with Crippen molar-refractivity contribution in [3.8, 4) is 0 Å². The lowest BCUT2D eigenvalue weighted by Gasteiger charge is -2.01. The molecule has 78 valence electrons. The van der Waals surface area contributed by atoms with E-state index < -0.39 is 0 Å². The Balaban J connectivity index is 2.47. The van der Waals surface area contributed by atoms with Crippen LogP contribution in [-0.2, 0) is 0 Å². The Morgan fingerprint density at radius 3 is 2.64 bits per heavy atom. The highest BCUT2D eigenvalue weighted by Gasteiger charge is 1.96. The summed E-state index contributed by atoms with van der Waals surface area (Å²) in [5, 5.41) is 12.0. The molecule has 0 fully saturated rings. The number of rotatable bonds is 0. The quantitative estimate of drug-likeness (QED) is 0.462. The summed E-state index contributed by atoms with van der Waals surface area (Å²) in [7, 11) is 0. The zero-order valence-electron chi connectivity index (χ0n) is 8.65. The van der Waals surface area contributed by atoms with Crippen LogP contribution in [0.25, 0.3) is 0 Å². The molecular formula is C12H19NO. The van der Waals surface area contributed by atoms with Crippen LogP contribution in [0.4, 0.5) is 0 Å². The van der Waals surface area contributed by atoms with Gasteiger partial charge in [-0.1, -0.05) is 42.6 Å². The molecular weight excluding hydrogens is 174 g/mol. The Morgan fingerprint density at radius 1 is 1.00 bits per heavy atom. The maximum Gasteiger partial charge on any atom is 0.0795 e. The molecule has 0 saturated carbocycles. The zero-order chi connectivity index (χ0) is 10.1. The maximum absolute atomic E-state index is 8.71. The molecule has 2 heteroatoms. The molecule has 0 aromatic heterocycles. The third-order valence-electron chi connectivity index (χ3n) is 2.47. The first-order valence-corrected chi connectivity index (χ1v) is 5.47. The minimum atomic E-state index is 0.787. The van der Waals surface area contributed by atoms with E-state index in [-0.39, 0.29) is 0 Å². The molecule has 0 heterocycles. The predicted molar refractivity (Wildman–Crippen MR) is 59.8 cm³/mol. The molecule has 0 aliphatic heterocycles. The van der Waals surface area contributed by atoms with Crippen molar-refractivity contribution in [3.63, 3.8) is 0 Å². The van der Waals surface area contributed by atoms with Crippen LogP contribution in [0, 0.1) is 0 Å². The largest absolute Gasteiger partial charge is 0.411 e. The van der Waals surface area contributed by atoms with Crippen molar-refractivity contribution in [2.75, 3.05) is 0 Å². The Kier molecular flexibility index (Phi) is 5.80. The van der Waals surface area contributed by atoms with Gasteiger partial charge in [0.1, 0.15) is 0 Å². The molecule has 1 aliphatic rings. The summed E-state index contributed by atoms with van der Waals surface area (Å²) in [6.07, 6.45) is 16.4. The lowest BCUT2D eigenvalue weighted by molar-refractivity contribution is 0.318. The first-order valence-electron chi connectivity index (χ1n) is 5.47. The van der Waals surface area contributed by atoms with Crippen molar-refractivity contribution >= 4 is 5.71 Å². The fourth-order valence-electron chi connectivity index (χ4n) is 1.61. The van der Waals surface area contributed by atoms with Gasteiger partial charge in [-0.15, -0.1) is 0 Å². The second-order valence-electron chi connectivity index (χ2n) is 3.69. The Labute approximate surface area is 86.0 Å². The van der Waals surface area contributed by atoms with Crippen molar-refractivity contribution in [2.45, 2.75) is 44.9 Å². The van der Waals surface area contributed by atoms with Crippen molar-refractivity contribution in [3.05, 3.63) is 24.3 Å².